The molecule has 3 amide bonds. The van der Waals surface area contributed by atoms with Crippen molar-refractivity contribution in [3.63, 3.8) is 0 Å². The van der Waals surface area contributed by atoms with Gasteiger partial charge < -0.3 is 24.7 Å². The Morgan fingerprint density at radius 2 is 2.10 bits per heavy atom. The molecule has 2 heterocycles. The highest BCUT2D eigenvalue weighted by atomic mass is 32.1. The van der Waals surface area contributed by atoms with E-state index in [1.165, 1.54) is 41.7 Å². The van der Waals surface area contributed by atoms with Gasteiger partial charge in [0.05, 0.1) is 31.6 Å². The zero-order valence-corrected chi connectivity index (χ0v) is 17.1. The van der Waals surface area contributed by atoms with E-state index < -0.39 is 11.8 Å². The third kappa shape index (κ3) is 5.88. The molecule has 8 nitrogen and oxygen atoms in total. The quantitative estimate of drug-likeness (QED) is 0.540. The largest absolute Gasteiger partial charge is 0.467 e. The molecular formula is C20H21FN4O4S. The number of benzene rings is 1. The number of amides is 3. The highest BCUT2D eigenvalue weighted by molar-refractivity contribution is 7.09. The fraction of sp³-hybridized carbons (Fsp3) is 0.250. The van der Waals surface area contributed by atoms with E-state index in [-0.39, 0.29) is 36.9 Å². The average Bonchev–Trinajstić information content (AvgIpc) is 3.43. The van der Waals surface area contributed by atoms with Crippen LogP contribution in [0.25, 0.3) is 0 Å². The molecule has 0 aliphatic heterocycles. The maximum absolute atomic E-state index is 13.8. The van der Waals surface area contributed by atoms with Crippen molar-refractivity contribution in [2.45, 2.75) is 13.1 Å². The van der Waals surface area contributed by atoms with Crippen molar-refractivity contribution in [3.8, 4) is 0 Å². The molecule has 2 N–H and O–H groups in total. The standard InChI is InChI=1S/C20H21FN4O4S/c1-28-10-8-25(20(27)24-16-7-3-2-6-15(16)21)12-18-23-17(13-30-18)19(26)22-11-14-5-4-9-29-14/h2-7,9,13H,8,10-12H2,1H3,(H,22,26)(H,24,27). The molecule has 0 radical (unpaired) electrons. The number of carbonyl (C=O) groups is 2. The fourth-order valence-electron chi connectivity index (χ4n) is 2.53. The first-order valence-electron chi connectivity index (χ1n) is 9.11. The number of para-hydroxylation sites is 1. The smallest absolute Gasteiger partial charge is 0.322 e. The second kappa shape index (κ2) is 10.5. The zero-order valence-electron chi connectivity index (χ0n) is 16.3. The number of anilines is 1. The van der Waals surface area contributed by atoms with Crippen LogP contribution in [-0.2, 0) is 17.8 Å². The van der Waals surface area contributed by atoms with Crippen molar-refractivity contribution >= 4 is 29.0 Å². The zero-order chi connectivity index (χ0) is 21.3. The van der Waals surface area contributed by atoms with Crippen LogP contribution >= 0.6 is 11.3 Å². The van der Waals surface area contributed by atoms with Crippen molar-refractivity contribution in [1.82, 2.24) is 15.2 Å². The predicted molar refractivity (Wildman–Crippen MR) is 110 cm³/mol. The molecule has 2 aromatic heterocycles. The average molecular weight is 432 g/mol. The number of nitrogens with zero attached hydrogens (tertiary/aromatic N) is 2. The first kappa shape index (κ1) is 21.5. The van der Waals surface area contributed by atoms with Gasteiger partial charge in [0, 0.05) is 19.0 Å². The molecule has 3 aromatic rings. The third-order valence-corrected chi connectivity index (χ3v) is 4.92. The van der Waals surface area contributed by atoms with Crippen LogP contribution in [0.3, 0.4) is 0 Å². The number of furan rings is 1. The number of urea groups is 1. The molecule has 0 bridgehead atoms. The number of halogens is 1. The van der Waals surface area contributed by atoms with E-state index in [2.05, 4.69) is 15.6 Å². The SMILES string of the molecule is COCCN(Cc1nc(C(=O)NCc2ccco2)cs1)C(=O)Nc1ccccc1F. The molecule has 0 atom stereocenters. The monoisotopic (exact) mass is 432 g/mol. The van der Waals surface area contributed by atoms with Gasteiger partial charge >= 0.3 is 6.03 Å². The van der Waals surface area contributed by atoms with Gasteiger partial charge in [-0.2, -0.15) is 0 Å². The van der Waals surface area contributed by atoms with E-state index in [1.807, 2.05) is 0 Å². The van der Waals surface area contributed by atoms with Crippen molar-refractivity contribution in [2.75, 3.05) is 25.6 Å². The van der Waals surface area contributed by atoms with Crippen LogP contribution in [-0.4, -0.2) is 42.1 Å². The van der Waals surface area contributed by atoms with Crippen LogP contribution in [0, 0.1) is 5.82 Å². The lowest BCUT2D eigenvalue weighted by Gasteiger charge is -2.22. The molecule has 158 valence electrons. The summed E-state index contributed by atoms with van der Waals surface area (Å²) in [5.41, 5.74) is 0.338. The van der Waals surface area contributed by atoms with Crippen LogP contribution in [0.2, 0.25) is 0 Å². The molecule has 3 rings (SSSR count). The topological polar surface area (TPSA) is 96.7 Å². The number of nitrogens with one attached hydrogen (secondary N) is 2. The van der Waals surface area contributed by atoms with Gasteiger partial charge in [0.1, 0.15) is 22.3 Å². The van der Waals surface area contributed by atoms with Crippen molar-refractivity contribution in [2.24, 2.45) is 0 Å². The van der Waals surface area contributed by atoms with Gasteiger partial charge in [-0.1, -0.05) is 12.1 Å². The lowest BCUT2D eigenvalue weighted by molar-refractivity contribution is 0.0943. The molecule has 30 heavy (non-hydrogen) atoms. The first-order chi connectivity index (χ1) is 14.6. The summed E-state index contributed by atoms with van der Waals surface area (Å²) in [7, 11) is 1.53. The van der Waals surface area contributed by atoms with Crippen LogP contribution in [0.5, 0.6) is 0 Å². The first-order valence-corrected chi connectivity index (χ1v) is 9.99. The van der Waals surface area contributed by atoms with Crippen LogP contribution in [0.15, 0.2) is 52.5 Å². The molecule has 0 fully saturated rings. The predicted octanol–water partition coefficient (Wildman–Crippen LogP) is 3.49. The normalized spacial score (nSPS) is 10.6. The Labute approximate surface area is 176 Å². The third-order valence-electron chi connectivity index (χ3n) is 4.08. The summed E-state index contributed by atoms with van der Waals surface area (Å²) >= 11 is 1.26. The number of carbonyl (C=O) groups excluding carboxylic acids is 2. The van der Waals surface area contributed by atoms with Gasteiger partial charge in [0.15, 0.2) is 0 Å². The minimum atomic E-state index is -0.526. The second-order valence-electron chi connectivity index (χ2n) is 6.21. The number of aromatic nitrogens is 1. The van der Waals surface area contributed by atoms with Gasteiger partial charge in [-0.05, 0) is 24.3 Å². The Kier molecular flexibility index (Phi) is 7.52. The van der Waals surface area contributed by atoms with Gasteiger partial charge in [0.25, 0.3) is 5.91 Å². The van der Waals surface area contributed by atoms with Crippen molar-refractivity contribution in [3.05, 3.63) is 70.3 Å². The number of thiazole rings is 1. The number of rotatable bonds is 9. The maximum atomic E-state index is 13.8. The molecule has 10 heteroatoms. The summed E-state index contributed by atoms with van der Waals surface area (Å²) < 4.78 is 24.1. The summed E-state index contributed by atoms with van der Waals surface area (Å²) in [5.74, 6) is -0.232. The number of hydrogen-bond acceptors (Lipinski definition) is 6. The molecule has 0 saturated heterocycles. The van der Waals surface area contributed by atoms with Crippen LogP contribution < -0.4 is 10.6 Å². The summed E-state index contributed by atoms with van der Waals surface area (Å²) in [6.07, 6.45) is 1.53. The van der Waals surface area contributed by atoms with Crippen molar-refractivity contribution < 1.29 is 23.1 Å². The minimum Gasteiger partial charge on any atom is -0.467 e. The summed E-state index contributed by atoms with van der Waals surface area (Å²) in [4.78, 5) is 30.6. The van der Waals surface area contributed by atoms with E-state index in [9.17, 15) is 14.0 Å². The van der Waals surface area contributed by atoms with E-state index >= 15 is 0 Å². The Hall–Kier alpha value is -3.24. The van der Waals surface area contributed by atoms with Gasteiger partial charge in [-0.25, -0.2) is 14.2 Å². The summed E-state index contributed by atoms with van der Waals surface area (Å²) in [6.45, 7) is 0.979. The number of hydrogen-bond donors (Lipinski definition) is 2. The molecule has 0 saturated carbocycles. The molecule has 0 aliphatic rings. The lowest BCUT2D eigenvalue weighted by Crippen LogP contribution is -2.37. The number of ether oxygens (including phenoxy) is 1. The van der Waals surface area contributed by atoms with Crippen molar-refractivity contribution in [1.29, 1.82) is 0 Å². The maximum Gasteiger partial charge on any atom is 0.322 e. The van der Waals surface area contributed by atoms with E-state index in [0.29, 0.717) is 17.4 Å². The van der Waals surface area contributed by atoms with E-state index in [4.69, 9.17) is 9.15 Å². The highest BCUT2D eigenvalue weighted by Crippen LogP contribution is 2.16. The molecule has 0 spiro atoms. The summed E-state index contributed by atoms with van der Waals surface area (Å²) in [6, 6.07) is 8.93. The minimum absolute atomic E-state index is 0.0852. The Bertz CT molecular complexity index is 977. The highest BCUT2D eigenvalue weighted by Gasteiger charge is 2.18. The van der Waals surface area contributed by atoms with Gasteiger partial charge in [-0.15, -0.1) is 11.3 Å². The van der Waals surface area contributed by atoms with E-state index in [1.54, 1.807) is 29.6 Å². The Balaban J connectivity index is 1.62. The Morgan fingerprint density at radius 3 is 2.83 bits per heavy atom. The van der Waals surface area contributed by atoms with Crippen LogP contribution in [0.1, 0.15) is 21.3 Å². The molecule has 0 aliphatic carbocycles. The molecule has 1 aromatic carbocycles. The molecular weight excluding hydrogens is 411 g/mol. The second-order valence-corrected chi connectivity index (χ2v) is 7.16. The van der Waals surface area contributed by atoms with E-state index in [0.717, 1.165) is 0 Å². The molecule has 0 unspecified atom stereocenters. The lowest BCUT2D eigenvalue weighted by atomic mass is 10.3. The summed E-state index contributed by atoms with van der Waals surface area (Å²) in [5, 5.41) is 7.46. The fourth-order valence-corrected chi connectivity index (χ4v) is 3.32. The number of methoxy groups -OCH3 is 1. The Morgan fingerprint density at radius 1 is 1.27 bits per heavy atom. The van der Waals surface area contributed by atoms with Gasteiger partial charge in [-0.3, -0.25) is 4.79 Å². The van der Waals surface area contributed by atoms with Gasteiger partial charge in [0.2, 0.25) is 0 Å². The van der Waals surface area contributed by atoms with Crippen LogP contribution in [0.4, 0.5) is 14.9 Å².